The quantitative estimate of drug-likeness (QED) is 0.901. The lowest BCUT2D eigenvalue weighted by molar-refractivity contribution is 0.150. The first kappa shape index (κ1) is 13.3. The summed E-state index contributed by atoms with van der Waals surface area (Å²) in [7, 11) is 0. The van der Waals surface area contributed by atoms with Gasteiger partial charge in [0, 0.05) is 5.39 Å². The number of aliphatic hydroxyl groups is 1. The van der Waals surface area contributed by atoms with Gasteiger partial charge in [0.25, 0.3) is 0 Å². The Morgan fingerprint density at radius 1 is 1.40 bits per heavy atom. The summed E-state index contributed by atoms with van der Waals surface area (Å²) in [5, 5.41) is 22.7. The molecule has 2 unspecified atom stereocenters. The van der Waals surface area contributed by atoms with Gasteiger partial charge < -0.3 is 10.4 Å². The van der Waals surface area contributed by atoms with Crippen LogP contribution in [0.15, 0.2) is 30.5 Å². The topological polar surface area (TPSA) is 58.0 Å². The molecule has 4 heteroatoms. The van der Waals surface area contributed by atoms with Gasteiger partial charge in [0.1, 0.15) is 0 Å². The van der Waals surface area contributed by atoms with Crippen molar-refractivity contribution in [3.63, 3.8) is 0 Å². The highest BCUT2D eigenvalue weighted by Gasteiger charge is 2.34. The van der Waals surface area contributed by atoms with Crippen LogP contribution < -0.4 is 5.32 Å². The summed E-state index contributed by atoms with van der Waals surface area (Å²) in [5.41, 5.74) is 1.64. The molecule has 1 aliphatic rings. The van der Waals surface area contributed by atoms with Crippen molar-refractivity contribution in [2.24, 2.45) is 5.92 Å². The van der Waals surface area contributed by atoms with Crippen LogP contribution in [0.25, 0.3) is 10.9 Å². The Balaban J connectivity index is 1.95. The maximum atomic E-state index is 9.89. The number of benzene rings is 1. The number of nitrogens with one attached hydrogen (secondary N) is 1. The minimum absolute atomic E-state index is 0.161. The third-order valence-electron chi connectivity index (χ3n) is 4.34. The maximum Gasteiger partial charge on any atom is 0.0950 e. The number of aliphatic hydroxyl groups excluding tert-OH is 1. The van der Waals surface area contributed by atoms with E-state index >= 15 is 0 Å². The zero-order valence-electron chi connectivity index (χ0n) is 11.8. The molecule has 0 bridgehead atoms. The van der Waals surface area contributed by atoms with Crippen LogP contribution in [0.1, 0.15) is 32.6 Å². The van der Waals surface area contributed by atoms with Gasteiger partial charge in [-0.3, -0.25) is 0 Å². The van der Waals surface area contributed by atoms with Gasteiger partial charge in [0.2, 0.25) is 0 Å². The van der Waals surface area contributed by atoms with Gasteiger partial charge in [-0.1, -0.05) is 38.0 Å². The maximum absolute atomic E-state index is 9.89. The number of nitrogens with zero attached hydrogens (tertiary/aromatic N) is 2. The van der Waals surface area contributed by atoms with Crippen molar-refractivity contribution in [2.45, 2.75) is 38.1 Å². The van der Waals surface area contributed by atoms with Crippen molar-refractivity contribution in [1.29, 1.82) is 0 Å². The van der Waals surface area contributed by atoms with Crippen LogP contribution in [0.5, 0.6) is 0 Å². The summed E-state index contributed by atoms with van der Waals surface area (Å²) < 4.78 is 0. The summed E-state index contributed by atoms with van der Waals surface area (Å²) in [6.45, 7) is 2.42. The van der Waals surface area contributed by atoms with E-state index in [0.717, 1.165) is 35.9 Å². The second-order valence-electron chi connectivity index (χ2n) is 6.04. The van der Waals surface area contributed by atoms with Gasteiger partial charge in [-0.2, -0.15) is 10.2 Å². The summed E-state index contributed by atoms with van der Waals surface area (Å²) >= 11 is 0. The molecule has 20 heavy (non-hydrogen) atoms. The second kappa shape index (κ2) is 5.37. The second-order valence-corrected chi connectivity index (χ2v) is 6.04. The zero-order valence-corrected chi connectivity index (χ0v) is 11.8. The van der Waals surface area contributed by atoms with Crippen LogP contribution in [0, 0.1) is 5.92 Å². The predicted molar refractivity (Wildman–Crippen MR) is 80.6 cm³/mol. The molecule has 1 aromatic heterocycles. The van der Waals surface area contributed by atoms with Crippen molar-refractivity contribution in [3.8, 4) is 0 Å². The van der Waals surface area contributed by atoms with Crippen LogP contribution in [-0.2, 0) is 0 Å². The van der Waals surface area contributed by atoms with Crippen molar-refractivity contribution in [1.82, 2.24) is 10.2 Å². The van der Waals surface area contributed by atoms with Crippen LogP contribution in [0.2, 0.25) is 0 Å². The minimum Gasteiger partial charge on any atom is -0.394 e. The molecule has 0 aliphatic heterocycles. The smallest absolute Gasteiger partial charge is 0.0950 e. The standard InChI is InChI=1S/C16H21N3O/c1-12-5-4-8-16(9-12,11-20)18-15-10-17-19-14-7-3-2-6-13(14)15/h2-3,6-7,10,12,20H,4-5,8-9,11H2,1H3,(H,18,19). The summed E-state index contributed by atoms with van der Waals surface area (Å²) in [6, 6.07) is 7.97. The SMILES string of the molecule is CC1CCCC(CO)(Nc2cnnc3ccccc23)C1. The average Bonchev–Trinajstić information content (AvgIpc) is 2.48. The highest BCUT2D eigenvalue weighted by atomic mass is 16.3. The third kappa shape index (κ3) is 2.48. The number of hydrogen-bond donors (Lipinski definition) is 2. The summed E-state index contributed by atoms with van der Waals surface area (Å²) in [4.78, 5) is 0. The fourth-order valence-corrected chi connectivity index (χ4v) is 3.35. The van der Waals surface area contributed by atoms with E-state index in [9.17, 15) is 5.11 Å². The molecule has 1 fully saturated rings. The molecule has 2 atom stereocenters. The monoisotopic (exact) mass is 271 g/mol. The summed E-state index contributed by atoms with van der Waals surface area (Å²) in [5.74, 6) is 0.643. The van der Waals surface area contributed by atoms with Gasteiger partial charge >= 0.3 is 0 Å². The van der Waals surface area contributed by atoms with E-state index in [1.807, 2.05) is 24.3 Å². The molecule has 106 valence electrons. The van der Waals surface area contributed by atoms with Gasteiger partial charge in [-0.15, -0.1) is 0 Å². The highest BCUT2D eigenvalue weighted by molar-refractivity contribution is 5.90. The first-order valence-corrected chi connectivity index (χ1v) is 7.32. The van der Waals surface area contributed by atoms with Gasteiger partial charge in [0.15, 0.2) is 0 Å². The Morgan fingerprint density at radius 3 is 3.05 bits per heavy atom. The first-order chi connectivity index (χ1) is 9.72. The lowest BCUT2D eigenvalue weighted by Crippen LogP contribution is -2.45. The Bertz CT molecular complexity index is 596. The zero-order chi connectivity index (χ0) is 14.0. The predicted octanol–water partition coefficient (Wildman–Crippen LogP) is 2.98. The van der Waals surface area contributed by atoms with E-state index in [4.69, 9.17) is 0 Å². The van der Waals surface area contributed by atoms with Crippen molar-refractivity contribution >= 4 is 16.6 Å². The lowest BCUT2D eigenvalue weighted by atomic mass is 9.76. The molecule has 2 N–H and O–H groups in total. The van der Waals surface area contributed by atoms with E-state index in [1.165, 1.54) is 6.42 Å². The molecule has 0 spiro atoms. The average molecular weight is 271 g/mol. The number of anilines is 1. The Labute approximate surface area is 119 Å². The molecule has 1 heterocycles. The normalized spacial score (nSPS) is 26.6. The van der Waals surface area contributed by atoms with E-state index < -0.39 is 0 Å². The number of rotatable bonds is 3. The van der Waals surface area contributed by atoms with E-state index in [1.54, 1.807) is 6.20 Å². The number of hydrogen-bond acceptors (Lipinski definition) is 4. The molecule has 1 saturated carbocycles. The minimum atomic E-state index is -0.219. The molecule has 2 aromatic rings. The van der Waals surface area contributed by atoms with E-state index in [0.29, 0.717) is 5.92 Å². The molecular formula is C16H21N3O. The van der Waals surface area contributed by atoms with Crippen LogP contribution in [0.3, 0.4) is 0 Å². The fourth-order valence-electron chi connectivity index (χ4n) is 3.35. The van der Waals surface area contributed by atoms with Crippen LogP contribution in [-0.4, -0.2) is 27.4 Å². The Kier molecular flexibility index (Phi) is 3.57. The Morgan fingerprint density at radius 2 is 2.25 bits per heavy atom. The third-order valence-corrected chi connectivity index (χ3v) is 4.34. The van der Waals surface area contributed by atoms with Crippen molar-refractivity contribution < 1.29 is 5.11 Å². The van der Waals surface area contributed by atoms with Gasteiger partial charge in [0.05, 0.1) is 29.5 Å². The molecule has 0 radical (unpaired) electrons. The molecule has 0 amide bonds. The first-order valence-electron chi connectivity index (χ1n) is 7.32. The van der Waals surface area contributed by atoms with E-state index in [2.05, 4.69) is 22.4 Å². The fraction of sp³-hybridized carbons (Fsp3) is 0.500. The Hall–Kier alpha value is -1.68. The highest BCUT2D eigenvalue weighted by Crippen LogP contribution is 2.35. The largest absolute Gasteiger partial charge is 0.394 e. The molecule has 1 aromatic carbocycles. The number of fused-ring (bicyclic) bond motifs is 1. The molecular weight excluding hydrogens is 250 g/mol. The summed E-state index contributed by atoms with van der Waals surface area (Å²) in [6.07, 6.45) is 6.17. The van der Waals surface area contributed by atoms with Gasteiger partial charge in [-0.05, 0) is 24.8 Å². The van der Waals surface area contributed by atoms with Gasteiger partial charge in [-0.25, -0.2) is 0 Å². The van der Waals surface area contributed by atoms with Crippen LogP contribution in [0.4, 0.5) is 5.69 Å². The van der Waals surface area contributed by atoms with Crippen molar-refractivity contribution in [2.75, 3.05) is 11.9 Å². The lowest BCUT2D eigenvalue weighted by Gasteiger charge is -2.40. The molecule has 1 aliphatic carbocycles. The number of aromatic nitrogens is 2. The van der Waals surface area contributed by atoms with Crippen LogP contribution >= 0.6 is 0 Å². The van der Waals surface area contributed by atoms with Crippen molar-refractivity contribution in [3.05, 3.63) is 30.5 Å². The molecule has 3 rings (SSSR count). The molecule has 4 nitrogen and oxygen atoms in total. The van der Waals surface area contributed by atoms with E-state index in [-0.39, 0.29) is 12.1 Å². The molecule has 0 saturated heterocycles.